The van der Waals surface area contributed by atoms with Crippen molar-refractivity contribution in [2.75, 3.05) is 11.5 Å². The molecule has 0 saturated carbocycles. The number of nitrogens with zero attached hydrogens (tertiary/aromatic N) is 2. The molecule has 0 saturated heterocycles. The van der Waals surface area contributed by atoms with Crippen molar-refractivity contribution in [3.8, 4) is 11.5 Å². The van der Waals surface area contributed by atoms with E-state index >= 15 is 0 Å². The Kier molecular flexibility index (Phi) is 11.0. The monoisotopic (exact) mass is 916 g/mol. The molecule has 0 spiro atoms. The van der Waals surface area contributed by atoms with Crippen LogP contribution in [-0.2, 0) is 14.3 Å². The Morgan fingerprint density at radius 3 is 1.47 bits per heavy atom. The number of aromatic hydroxyl groups is 2. The molecule has 9 aromatic rings. The van der Waals surface area contributed by atoms with Crippen LogP contribution in [0.5, 0.6) is 11.5 Å². The average molecular weight is 917 g/mol. The van der Waals surface area contributed by atoms with Gasteiger partial charge in [0.25, 0.3) is 0 Å². The number of carbonyl (C=O) groups excluding carboxylic acids is 2. The van der Waals surface area contributed by atoms with Crippen LogP contribution in [0.15, 0.2) is 223 Å². The zero-order chi connectivity index (χ0) is 48.0. The lowest BCUT2D eigenvalue weighted by molar-refractivity contribution is -0.297. The lowest BCUT2D eigenvalue weighted by atomic mass is 9.78. The van der Waals surface area contributed by atoms with Gasteiger partial charge in [0.05, 0.1) is 35.6 Å². The Balaban J connectivity index is 1.04. The van der Waals surface area contributed by atoms with Gasteiger partial charge in [-0.2, -0.15) is 4.58 Å². The van der Waals surface area contributed by atoms with E-state index in [0.717, 1.165) is 65.8 Å². The third kappa shape index (κ3) is 7.89. The van der Waals surface area contributed by atoms with Crippen molar-refractivity contribution in [1.82, 2.24) is 4.58 Å². The maximum absolute atomic E-state index is 14.5. The number of carbonyl (C=O) groups is 2. The number of phenols is 2. The normalized spacial score (nSPS) is 14.8. The van der Waals surface area contributed by atoms with Crippen molar-refractivity contribution < 1.29 is 34.8 Å². The summed E-state index contributed by atoms with van der Waals surface area (Å²) in [6.07, 6.45) is 3.75. The Hall–Kier alpha value is -9.21. The van der Waals surface area contributed by atoms with Gasteiger partial charge in [-0.25, -0.2) is 0 Å². The van der Waals surface area contributed by atoms with Gasteiger partial charge in [-0.05, 0) is 92.8 Å². The van der Waals surface area contributed by atoms with Gasteiger partial charge in [-0.1, -0.05) is 115 Å². The van der Waals surface area contributed by atoms with Crippen molar-refractivity contribution >= 4 is 94.4 Å². The van der Waals surface area contributed by atoms with Crippen LogP contribution in [0.25, 0.3) is 48.7 Å². The molecular formula is C61H44N2O7. The van der Waals surface area contributed by atoms with E-state index in [2.05, 4.69) is 0 Å². The number of ether oxygens (including phenoxy) is 1. The molecule has 0 aromatic heterocycles. The molecule has 0 amide bonds. The van der Waals surface area contributed by atoms with E-state index < -0.39 is 34.4 Å². The fraction of sp³-hybridized carbons (Fsp3) is 0.0656. The lowest BCUT2D eigenvalue weighted by Crippen LogP contribution is -2.32. The molecule has 0 atom stereocenters. The summed E-state index contributed by atoms with van der Waals surface area (Å²) in [5, 5.41) is 58.3. The first-order chi connectivity index (χ1) is 34.1. The van der Waals surface area contributed by atoms with Crippen molar-refractivity contribution in [1.29, 1.82) is 0 Å². The summed E-state index contributed by atoms with van der Waals surface area (Å²) >= 11 is 0. The maximum Gasteiger partial charge on any atom is 0.219 e. The smallest absolute Gasteiger partial charge is 0.219 e. The fourth-order valence-electron chi connectivity index (χ4n) is 9.57. The minimum Gasteiger partial charge on any atom is -0.871 e. The van der Waals surface area contributed by atoms with E-state index in [4.69, 9.17) is 4.74 Å². The van der Waals surface area contributed by atoms with Crippen LogP contribution < -0.4 is 14.6 Å². The van der Waals surface area contributed by atoms with Crippen LogP contribution in [0.3, 0.4) is 0 Å². The maximum atomic E-state index is 14.5. The van der Waals surface area contributed by atoms with Gasteiger partial charge in [0.2, 0.25) is 17.1 Å². The molecule has 11 rings (SSSR count). The predicted octanol–water partition coefficient (Wildman–Crippen LogP) is 12.8. The van der Waals surface area contributed by atoms with E-state index in [1.807, 2.05) is 179 Å². The van der Waals surface area contributed by atoms with Crippen molar-refractivity contribution in [2.24, 2.45) is 0 Å². The molecular weight excluding hydrogens is 873 g/mol. The molecule has 70 heavy (non-hydrogen) atoms. The number of hydrogen-bond acceptors (Lipinski definition) is 8. The summed E-state index contributed by atoms with van der Waals surface area (Å²) in [6.45, 7) is 1.53. The molecule has 2 aliphatic carbocycles. The number of rotatable bonds is 11. The highest BCUT2D eigenvalue weighted by atomic mass is 16.5. The predicted molar refractivity (Wildman–Crippen MR) is 277 cm³/mol. The minimum atomic E-state index is -0.790. The van der Waals surface area contributed by atoms with Gasteiger partial charge in [0, 0.05) is 65.3 Å². The Labute approximate surface area is 403 Å². The molecule has 0 aliphatic heterocycles. The number of ketones is 2. The zero-order valence-corrected chi connectivity index (χ0v) is 38.0. The van der Waals surface area contributed by atoms with E-state index in [1.54, 1.807) is 6.08 Å². The summed E-state index contributed by atoms with van der Waals surface area (Å²) in [7, 11) is 0. The average Bonchev–Trinajstić information content (AvgIpc) is 3.37. The van der Waals surface area contributed by atoms with Gasteiger partial charge in [-0.15, -0.1) is 0 Å². The number of aliphatic hydroxyl groups excluding tert-OH is 1. The standard InChI is InChI=1S/C61H44N2O7/c1-37(64)11-10-28-70-55-36-51(63(48-26-22-40-14-4-8-18-44(40)31-48)49-27-23-41-15-5-9-19-45(41)32-49)35-54(67)57(55)59-60(68)58(61(59)69)56-52(65)33-50(34-53(56)66)62(46-24-20-38-12-2-6-16-42(38)29-46)47-25-21-39-13-3-7-17-43(39)30-47/h2-9,12-27,29-36H,10-11,28H2,1H3,(H3,65,66,67,68,69). The van der Waals surface area contributed by atoms with E-state index in [0.29, 0.717) is 17.8 Å². The van der Waals surface area contributed by atoms with Gasteiger partial charge < -0.3 is 34.9 Å². The van der Waals surface area contributed by atoms with Crippen LogP contribution in [0.2, 0.25) is 0 Å². The minimum absolute atomic E-state index is 0.0274. The lowest BCUT2D eigenvalue weighted by Gasteiger charge is -2.34. The van der Waals surface area contributed by atoms with E-state index in [9.17, 15) is 30.0 Å². The van der Waals surface area contributed by atoms with Crippen LogP contribution in [0.1, 0.15) is 25.3 Å². The summed E-state index contributed by atoms with van der Waals surface area (Å²) in [6, 6.07) is 58.8. The molecule has 2 aliphatic rings. The van der Waals surface area contributed by atoms with Gasteiger partial charge >= 0.3 is 0 Å². The third-order valence-corrected chi connectivity index (χ3v) is 13.0. The number of phenolic OH excluding ortho intramolecular Hbond substituents is 2. The van der Waals surface area contributed by atoms with Crippen molar-refractivity contribution in [3.63, 3.8) is 0 Å². The summed E-state index contributed by atoms with van der Waals surface area (Å²) in [4.78, 5) is 28.3. The highest BCUT2D eigenvalue weighted by molar-refractivity contribution is 6.40. The SMILES string of the molecule is CC(=O)CCCOC1=CC(=[N+](c2ccc3ccccc3c2)c2ccc3ccccc3c2)C=C(O)/C1=C1\C(=O)C(c2c(O)cc(N(c3ccc4ccccc4c3)c3ccc4ccccc4c3)cc2O)=C1[O-]. The number of aliphatic hydroxyl groups is 1. The number of benzene rings is 9. The molecule has 3 N–H and O–H groups in total. The molecule has 9 heteroatoms. The quantitative estimate of drug-likeness (QED) is 0.0664. The molecule has 9 aromatic carbocycles. The first kappa shape index (κ1) is 43.4. The van der Waals surface area contributed by atoms with Crippen LogP contribution in [0, 0.1) is 0 Å². The van der Waals surface area contributed by atoms with Crippen LogP contribution >= 0.6 is 0 Å². The van der Waals surface area contributed by atoms with E-state index in [-0.39, 0.29) is 41.3 Å². The van der Waals surface area contributed by atoms with Gasteiger partial charge in [-0.3, -0.25) is 4.79 Å². The zero-order valence-electron chi connectivity index (χ0n) is 38.0. The molecule has 340 valence electrons. The molecule has 0 radical (unpaired) electrons. The van der Waals surface area contributed by atoms with Crippen molar-refractivity contribution in [2.45, 2.75) is 19.8 Å². The van der Waals surface area contributed by atoms with Crippen LogP contribution in [-0.4, -0.2) is 39.2 Å². The van der Waals surface area contributed by atoms with Crippen molar-refractivity contribution in [3.05, 3.63) is 228 Å². The number of Topliss-reactive ketones (excluding diaryl/α,β-unsaturated/α-hetero) is 2. The van der Waals surface area contributed by atoms with Gasteiger partial charge in [0.15, 0.2) is 5.78 Å². The van der Waals surface area contributed by atoms with Gasteiger partial charge in [0.1, 0.15) is 28.8 Å². The first-order valence-electron chi connectivity index (χ1n) is 23.0. The second-order valence-corrected chi connectivity index (χ2v) is 17.6. The highest BCUT2D eigenvalue weighted by Gasteiger charge is 2.39. The number of anilines is 3. The number of hydrogen-bond donors (Lipinski definition) is 3. The molecule has 0 bridgehead atoms. The Bertz CT molecular complexity index is 3650. The molecule has 0 heterocycles. The fourth-order valence-corrected chi connectivity index (χ4v) is 9.57. The number of fused-ring (bicyclic) bond motifs is 4. The van der Waals surface area contributed by atoms with Crippen LogP contribution in [0.4, 0.5) is 28.4 Å². The highest BCUT2D eigenvalue weighted by Crippen LogP contribution is 2.49. The Morgan fingerprint density at radius 1 is 0.543 bits per heavy atom. The second-order valence-electron chi connectivity index (χ2n) is 17.6. The second kappa shape index (κ2) is 17.8. The molecule has 0 fully saturated rings. The Morgan fingerprint density at radius 2 is 1.00 bits per heavy atom. The first-order valence-corrected chi connectivity index (χ1v) is 23.0. The summed E-state index contributed by atoms with van der Waals surface area (Å²) < 4.78 is 8.28. The van der Waals surface area contributed by atoms with E-state index in [1.165, 1.54) is 25.1 Å². The summed E-state index contributed by atoms with van der Waals surface area (Å²) in [5.74, 6) is -2.93. The number of allylic oxidation sites excluding steroid dienone is 4. The molecule has 9 nitrogen and oxygen atoms in total. The third-order valence-electron chi connectivity index (χ3n) is 13.0. The largest absolute Gasteiger partial charge is 0.871 e. The molecule has 0 unspecified atom stereocenters. The summed E-state index contributed by atoms with van der Waals surface area (Å²) in [5.41, 5.74) is 2.66. The topological polar surface area (TPSA) is 133 Å².